The van der Waals surface area contributed by atoms with E-state index in [0.717, 1.165) is 24.1 Å². The summed E-state index contributed by atoms with van der Waals surface area (Å²) in [5, 5.41) is 0. The largest absolute Gasteiger partial charge is 0.466 e. The quantitative estimate of drug-likeness (QED) is 0.387. The van der Waals surface area contributed by atoms with Crippen LogP contribution in [0.1, 0.15) is 40.0 Å². The van der Waals surface area contributed by atoms with Gasteiger partial charge in [0.25, 0.3) is 0 Å². The Labute approximate surface area is 104 Å². The van der Waals surface area contributed by atoms with Crippen molar-refractivity contribution < 1.29 is 9.53 Å². The number of ether oxygens (including phenoxy) is 1. The van der Waals surface area contributed by atoms with Gasteiger partial charge in [-0.1, -0.05) is 23.8 Å². The zero-order chi connectivity index (χ0) is 13.3. The Bertz CT molecular complexity index is 327. The van der Waals surface area contributed by atoms with Gasteiger partial charge in [0.1, 0.15) is 0 Å². The molecule has 0 bridgehead atoms. The molecule has 0 aromatic rings. The standard InChI is InChI=1S/C14H23NO2/c1-6-17-14(16)10-12(3)8-7-11(2)9-13(4)15-5/h7H,3,6,8-10H2,1-2,4-5H3/b11-7+,15-13?. The highest BCUT2D eigenvalue weighted by Gasteiger charge is 2.03. The van der Waals surface area contributed by atoms with Crippen LogP contribution < -0.4 is 0 Å². The van der Waals surface area contributed by atoms with E-state index in [1.165, 1.54) is 5.57 Å². The second kappa shape index (κ2) is 8.74. The lowest BCUT2D eigenvalue weighted by Gasteiger charge is -2.04. The van der Waals surface area contributed by atoms with Crippen molar-refractivity contribution in [3.63, 3.8) is 0 Å². The van der Waals surface area contributed by atoms with Crippen molar-refractivity contribution in [3.05, 3.63) is 23.8 Å². The summed E-state index contributed by atoms with van der Waals surface area (Å²) in [6, 6.07) is 0. The lowest BCUT2D eigenvalue weighted by molar-refractivity contribution is -0.142. The Hall–Kier alpha value is -1.38. The average molecular weight is 237 g/mol. The number of aliphatic imine (C=N–C) groups is 1. The number of esters is 1. The van der Waals surface area contributed by atoms with E-state index in [2.05, 4.69) is 24.6 Å². The van der Waals surface area contributed by atoms with Gasteiger partial charge in [0.2, 0.25) is 0 Å². The van der Waals surface area contributed by atoms with E-state index in [-0.39, 0.29) is 5.97 Å². The lowest BCUT2D eigenvalue weighted by atomic mass is 10.1. The molecule has 0 rings (SSSR count). The third-order valence-corrected chi connectivity index (χ3v) is 2.36. The Kier molecular flexibility index (Phi) is 8.03. The first kappa shape index (κ1) is 15.6. The van der Waals surface area contributed by atoms with Crippen LogP contribution in [0.4, 0.5) is 0 Å². The fourth-order valence-electron chi connectivity index (χ4n) is 1.36. The summed E-state index contributed by atoms with van der Waals surface area (Å²) in [6.07, 6.45) is 4.00. The Morgan fingerprint density at radius 1 is 1.35 bits per heavy atom. The van der Waals surface area contributed by atoms with Gasteiger partial charge in [-0.3, -0.25) is 9.79 Å². The number of nitrogens with zero attached hydrogens (tertiary/aromatic N) is 1. The molecule has 0 aliphatic rings. The van der Waals surface area contributed by atoms with Gasteiger partial charge in [-0.25, -0.2) is 0 Å². The molecule has 0 N–H and O–H groups in total. The van der Waals surface area contributed by atoms with E-state index in [1.807, 2.05) is 6.92 Å². The van der Waals surface area contributed by atoms with Crippen molar-refractivity contribution in [1.29, 1.82) is 0 Å². The number of carbonyl (C=O) groups is 1. The Balaban J connectivity index is 4.05. The number of rotatable bonds is 7. The highest BCUT2D eigenvalue weighted by molar-refractivity contribution is 5.83. The summed E-state index contributed by atoms with van der Waals surface area (Å²) in [5.74, 6) is -0.199. The molecule has 0 aromatic heterocycles. The molecular formula is C14H23NO2. The third kappa shape index (κ3) is 8.43. The van der Waals surface area contributed by atoms with E-state index >= 15 is 0 Å². The molecule has 0 unspecified atom stereocenters. The van der Waals surface area contributed by atoms with Crippen molar-refractivity contribution in [2.75, 3.05) is 13.7 Å². The lowest BCUT2D eigenvalue weighted by Crippen LogP contribution is -2.04. The van der Waals surface area contributed by atoms with Crippen LogP contribution in [0.25, 0.3) is 0 Å². The molecule has 0 heterocycles. The number of carbonyl (C=O) groups excluding carboxylic acids is 1. The SMILES string of the molecule is C=C(C/C=C(\C)CC(C)=NC)CC(=O)OCC. The van der Waals surface area contributed by atoms with E-state index in [1.54, 1.807) is 14.0 Å². The van der Waals surface area contributed by atoms with E-state index in [4.69, 9.17) is 4.74 Å². The van der Waals surface area contributed by atoms with Gasteiger partial charge in [0, 0.05) is 19.2 Å². The van der Waals surface area contributed by atoms with Gasteiger partial charge in [-0.15, -0.1) is 0 Å². The molecule has 0 atom stereocenters. The predicted molar refractivity (Wildman–Crippen MR) is 72.4 cm³/mol. The summed E-state index contributed by atoms with van der Waals surface area (Å²) in [6.45, 7) is 10.2. The van der Waals surface area contributed by atoms with Crippen molar-refractivity contribution in [1.82, 2.24) is 0 Å². The monoisotopic (exact) mass is 237 g/mol. The highest BCUT2D eigenvalue weighted by atomic mass is 16.5. The van der Waals surface area contributed by atoms with Crippen LogP contribution in [0.5, 0.6) is 0 Å². The fourth-order valence-corrected chi connectivity index (χ4v) is 1.36. The van der Waals surface area contributed by atoms with Gasteiger partial charge in [0.05, 0.1) is 13.0 Å². The zero-order valence-electron chi connectivity index (χ0n) is 11.4. The predicted octanol–water partition coefficient (Wildman–Crippen LogP) is 3.31. The van der Waals surface area contributed by atoms with Gasteiger partial charge >= 0.3 is 5.97 Å². The van der Waals surface area contributed by atoms with Crippen LogP contribution in [0.2, 0.25) is 0 Å². The normalized spacial score (nSPS) is 12.5. The number of allylic oxidation sites excluding steroid dienone is 2. The third-order valence-electron chi connectivity index (χ3n) is 2.36. The van der Waals surface area contributed by atoms with Crippen LogP contribution >= 0.6 is 0 Å². The summed E-state index contributed by atoms with van der Waals surface area (Å²) >= 11 is 0. The molecule has 0 aliphatic carbocycles. The summed E-state index contributed by atoms with van der Waals surface area (Å²) < 4.78 is 4.86. The van der Waals surface area contributed by atoms with E-state index in [9.17, 15) is 4.79 Å². The first-order valence-corrected chi connectivity index (χ1v) is 5.89. The van der Waals surface area contributed by atoms with Crippen LogP contribution in [0.15, 0.2) is 28.8 Å². The maximum absolute atomic E-state index is 11.2. The van der Waals surface area contributed by atoms with Gasteiger partial charge in [-0.2, -0.15) is 0 Å². The molecule has 0 radical (unpaired) electrons. The van der Waals surface area contributed by atoms with Gasteiger partial charge in [0.15, 0.2) is 0 Å². The van der Waals surface area contributed by atoms with E-state index in [0.29, 0.717) is 13.0 Å². The molecular weight excluding hydrogens is 214 g/mol. The molecule has 3 nitrogen and oxygen atoms in total. The van der Waals surface area contributed by atoms with Crippen molar-refractivity contribution in [2.45, 2.75) is 40.0 Å². The second-order valence-corrected chi connectivity index (χ2v) is 4.12. The molecule has 0 fully saturated rings. The highest BCUT2D eigenvalue weighted by Crippen LogP contribution is 2.10. The average Bonchev–Trinajstić information content (AvgIpc) is 2.26. The maximum atomic E-state index is 11.2. The second-order valence-electron chi connectivity index (χ2n) is 4.12. The molecule has 17 heavy (non-hydrogen) atoms. The fraction of sp³-hybridized carbons (Fsp3) is 0.571. The molecule has 3 heteroatoms. The van der Waals surface area contributed by atoms with Crippen molar-refractivity contribution >= 4 is 11.7 Å². The van der Waals surface area contributed by atoms with Crippen LogP contribution in [0.3, 0.4) is 0 Å². The molecule has 0 aliphatic heterocycles. The smallest absolute Gasteiger partial charge is 0.309 e. The first-order valence-electron chi connectivity index (χ1n) is 5.89. The van der Waals surface area contributed by atoms with Crippen molar-refractivity contribution in [3.8, 4) is 0 Å². The molecule has 96 valence electrons. The number of hydrogen-bond acceptors (Lipinski definition) is 3. The minimum atomic E-state index is -0.199. The number of hydrogen-bond donors (Lipinski definition) is 0. The zero-order valence-corrected chi connectivity index (χ0v) is 11.4. The van der Waals surface area contributed by atoms with Gasteiger partial charge in [-0.05, 0) is 27.2 Å². The maximum Gasteiger partial charge on any atom is 0.309 e. The topological polar surface area (TPSA) is 38.7 Å². The summed E-state index contributed by atoms with van der Waals surface area (Å²) in [5.41, 5.74) is 3.24. The molecule has 0 spiro atoms. The summed E-state index contributed by atoms with van der Waals surface area (Å²) in [4.78, 5) is 15.3. The Morgan fingerprint density at radius 2 is 2.00 bits per heavy atom. The summed E-state index contributed by atoms with van der Waals surface area (Å²) in [7, 11) is 1.79. The van der Waals surface area contributed by atoms with Crippen molar-refractivity contribution in [2.24, 2.45) is 4.99 Å². The van der Waals surface area contributed by atoms with E-state index < -0.39 is 0 Å². The minimum Gasteiger partial charge on any atom is -0.466 e. The minimum absolute atomic E-state index is 0.199. The van der Waals surface area contributed by atoms with Crippen LogP contribution in [-0.4, -0.2) is 25.3 Å². The first-order chi connectivity index (χ1) is 7.99. The Morgan fingerprint density at radius 3 is 2.53 bits per heavy atom. The van der Waals surface area contributed by atoms with Crippen LogP contribution in [0, 0.1) is 0 Å². The molecule has 0 aromatic carbocycles. The molecule has 0 saturated heterocycles. The van der Waals surface area contributed by atoms with Gasteiger partial charge < -0.3 is 4.74 Å². The van der Waals surface area contributed by atoms with Crippen LogP contribution in [-0.2, 0) is 9.53 Å². The molecule has 0 saturated carbocycles. The molecule has 0 amide bonds.